The van der Waals surface area contributed by atoms with Crippen LogP contribution in [0.4, 0.5) is 11.4 Å². The predicted octanol–water partition coefficient (Wildman–Crippen LogP) is 2.94. The van der Waals surface area contributed by atoms with Crippen LogP contribution in [-0.2, 0) is 10.0 Å². The first-order valence-corrected chi connectivity index (χ1v) is 10.9. The second-order valence-corrected chi connectivity index (χ2v) is 8.79. The summed E-state index contributed by atoms with van der Waals surface area (Å²) in [6, 6.07) is 8.94. The molecule has 0 atom stereocenters. The lowest BCUT2D eigenvalue weighted by atomic mass is 10.2. The Hall–Kier alpha value is -3.18. The minimum atomic E-state index is -3.90. The Labute approximate surface area is 173 Å². The van der Waals surface area contributed by atoms with E-state index in [-0.39, 0.29) is 23.1 Å². The number of sulfonamides is 1. The molecule has 10 nitrogen and oxygen atoms in total. The number of piperidine rings is 1. The fraction of sp³-hybridized carbons (Fsp3) is 0.316. The van der Waals surface area contributed by atoms with Gasteiger partial charge in [-0.05, 0) is 42.7 Å². The molecule has 4 rings (SSSR count). The van der Waals surface area contributed by atoms with Gasteiger partial charge in [0.1, 0.15) is 4.90 Å². The molecule has 0 aromatic heterocycles. The fourth-order valence-electron chi connectivity index (χ4n) is 3.34. The monoisotopic (exact) mass is 432 g/mol. The number of nitro groups is 1. The number of nitrogens with zero attached hydrogens (tertiary/aromatic N) is 3. The number of hydrazone groups is 1. The zero-order valence-electron chi connectivity index (χ0n) is 16.0. The Balaban J connectivity index is 1.61. The van der Waals surface area contributed by atoms with Crippen molar-refractivity contribution in [3.63, 3.8) is 0 Å². The number of ether oxygens (including phenoxy) is 2. The number of anilines is 1. The lowest BCUT2D eigenvalue weighted by molar-refractivity contribution is -0.385. The molecule has 2 aliphatic heterocycles. The van der Waals surface area contributed by atoms with Crippen molar-refractivity contribution >= 4 is 27.6 Å². The summed E-state index contributed by atoms with van der Waals surface area (Å²) < 4.78 is 38.2. The van der Waals surface area contributed by atoms with Crippen LogP contribution >= 0.6 is 0 Å². The first kappa shape index (κ1) is 20.1. The number of rotatable bonds is 6. The van der Waals surface area contributed by atoms with Crippen LogP contribution in [0.3, 0.4) is 0 Å². The summed E-state index contributed by atoms with van der Waals surface area (Å²) in [5.74, 6) is 1.24. The number of benzene rings is 2. The molecule has 0 saturated carbocycles. The molecule has 0 amide bonds. The number of non-ortho nitro benzene ring substituents is 1. The number of hydrogen-bond acceptors (Lipinski definition) is 8. The molecule has 158 valence electrons. The molecule has 2 aromatic carbocycles. The van der Waals surface area contributed by atoms with E-state index in [9.17, 15) is 18.5 Å². The topological polar surface area (TPSA) is 123 Å². The van der Waals surface area contributed by atoms with E-state index >= 15 is 0 Å². The highest BCUT2D eigenvalue weighted by atomic mass is 32.2. The third-order valence-electron chi connectivity index (χ3n) is 4.90. The zero-order chi connectivity index (χ0) is 21.1. The summed E-state index contributed by atoms with van der Waals surface area (Å²) >= 11 is 0. The Morgan fingerprint density at radius 2 is 1.83 bits per heavy atom. The third kappa shape index (κ3) is 4.07. The predicted molar refractivity (Wildman–Crippen MR) is 109 cm³/mol. The van der Waals surface area contributed by atoms with Crippen molar-refractivity contribution in [2.24, 2.45) is 5.10 Å². The van der Waals surface area contributed by atoms with Crippen LogP contribution in [0.15, 0.2) is 46.4 Å². The third-order valence-corrected chi connectivity index (χ3v) is 6.84. The van der Waals surface area contributed by atoms with Gasteiger partial charge in [-0.2, -0.15) is 9.41 Å². The lowest BCUT2D eigenvalue weighted by Crippen LogP contribution is -2.35. The summed E-state index contributed by atoms with van der Waals surface area (Å²) in [6.45, 7) is 0.949. The molecule has 0 radical (unpaired) electrons. The Morgan fingerprint density at radius 3 is 2.60 bits per heavy atom. The number of fused-ring (bicyclic) bond motifs is 1. The van der Waals surface area contributed by atoms with Gasteiger partial charge < -0.3 is 9.47 Å². The first-order valence-electron chi connectivity index (χ1n) is 9.42. The molecule has 1 N–H and O–H groups in total. The van der Waals surface area contributed by atoms with E-state index in [0.717, 1.165) is 25.3 Å². The van der Waals surface area contributed by atoms with E-state index in [0.29, 0.717) is 30.2 Å². The largest absolute Gasteiger partial charge is 0.454 e. The van der Waals surface area contributed by atoms with E-state index in [2.05, 4.69) is 10.5 Å². The highest BCUT2D eigenvalue weighted by molar-refractivity contribution is 7.89. The SMILES string of the molecule is O=[N+]([O-])c1ccc(N/N=C/c2ccc3c(c2)OCO3)c(S(=O)(=O)N2CCCCC2)c1. The van der Waals surface area contributed by atoms with Crippen molar-refractivity contribution in [2.75, 3.05) is 25.3 Å². The van der Waals surface area contributed by atoms with Gasteiger partial charge in [0.25, 0.3) is 5.69 Å². The summed E-state index contributed by atoms with van der Waals surface area (Å²) in [7, 11) is -3.90. The second kappa shape index (κ2) is 8.28. The van der Waals surface area contributed by atoms with Gasteiger partial charge in [-0.25, -0.2) is 8.42 Å². The normalized spacial score (nSPS) is 16.7. The molecule has 0 spiro atoms. The molecule has 30 heavy (non-hydrogen) atoms. The molecule has 0 aliphatic carbocycles. The van der Waals surface area contributed by atoms with Gasteiger partial charge in [-0.15, -0.1) is 0 Å². The average molecular weight is 432 g/mol. The van der Waals surface area contributed by atoms with Crippen molar-refractivity contribution in [1.82, 2.24) is 4.31 Å². The molecule has 0 bridgehead atoms. The summed E-state index contributed by atoms with van der Waals surface area (Å²) in [4.78, 5) is 10.4. The number of nitro benzene ring substituents is 1. The molecular weight excluding hydrogens is 412 g/mol. The van der Waals surface area contributed by atoms with E-state index < -0.39 is 14.9 Å². The Bertz CT molecular complexity index is 1100. The number of nitrogens with one attached hydrogen (secondary N) is 1. The number of hydrogen-bond donors (Lipinski definition) is 1. The maximum absolute atomic E-state index is 13.1. The lowest BCUT2D eigenvalue weighted by Gasteiger charge is -2.26. The highest BCUT2D eigenvalue weighted by Crippen LogP contribution is 2.32. The molecule has 2 heterocycles. The van der Waals surface area contributed by atoms with Gasteiger partial charge in [0.05, 0.1) is 16.8 Å². The van der Waals surface area contributed by atoms with Crippen molar-refractivity contribution in [3.8, 4) is 11.5 Å². The van der Waals surface area contributed by atoms with E-state index in [1.54, 1.807) is 18.2 Å². The zero-order valence-corrected chi connectivity index (χ0v) is 16.8. The molecular formula is C19H20N4O6S. The van der Waals surface area contributed by atoms with Gasteiger partial charge >= 0.3 is 0 Å². The Kier molecular flexibility index (Phi) is 5.55. The van der Waals surface area contributed by atoms with Gasteiger partial charge in [-0.3, -0.25) is 15.5 Å². The van der Waals surface area contributed by atoms with Crippen LogP contribution in [-0.4, -0.2) is 43.7 Å². The fourth-order valence-corrected chi connectivity index (χ4v) is 5.02. The molecule has 1 fully saturated rings. The van der Waals surface area contributed by atoms with Crippen LogP contribution in [0.5, 0.6) is 11.5 Å². The van der Waals surface area contributed by atoms with Crippen molar-refractivity contribution < 1.29 is 22.8 Å². The van der Waals surface area contributed by atoms with E-state index in [4.69, 9.17) is 9.47 Å². The smallest absolute Gasteiger partial charge is 0.270 e. The van der Waals surface area contributed by atoms with Crippen LogP contribution in [0, 0.1) is 10.1 Å². The van der Waals surface area contributed by atoms with Crippen LogP contribution < -0.4 is 14.9 Å². The Morgan fingerprint density at radius 1 is 1.07 bits per heavy atom. The van der Waals surface area contributed by atoms with Crippen LogP contribution in [0.1, 0.15) is 24.8 Å². The summed E-state index contributed by atoms with van der Waals surface area (Å²) in [6.07, 6.45) is 3.99. The second-order valence-electron chi connectivity index (χ2n) is 6.89. The summed E-state index contributed by atoms with van der Waals surface area (Å²) in [5, 5.41) is 15.3. The maximum Gasteiger partial charge on any atom is 0.270 e. The average Bonchev–Trinajstić information content (AvgIpc) is 3.22. The minimum absolute atomic E-state index is 0.161. The molecule has 11 heteroatoms. The van der Waals surface area contributed by atoms with Crippen molar-refractivity contribution in [2.45, 2.75) is 24.2 Å². The minimum Gasteiger partial charge on any atom is -0.454 e. The molecule has 2 aliphatic rings. The van der Waals surface area contributed by atoms with Crippen molar-refractivity contribution in [3.05, 3.63) is 52.1 Å². The van der Waals surface area contributed by atoms with Crippen molar-refractivity contribution in [1.29, 1.82) is 0 Å². The summed E-state index contributed by atoms with van der Waals surface area (Å²) in [5.41, 5.74) is 3.30. The standard InChI is InChI=1S/C19H20N4O6S/c24-23(25)15-5-6-16(19(11-15)30(26,27)22-8-2-1-3-9-22)21-20-12-14-4-7-17-18(10-14)29-13-28-17/h4-7,10-12,21H,1-3,8-9,13H2/b20-12+. The van der Waals surface area contributed by atoms with Gasteiger partial charge in [0, 0.05) is 25.2 Å². The van der Waals surface area contributed by atoms with Gasteiger partial charge in [0.2, 0.25) is 16.8 Å². The first-order chi connectivity index (χ1) is 14.4. The van der Waals surface area contributed by atoms with Crippen LogP contribution in [0.2, 0.25) is 0 Å². The van der Waals surface area contributed by atoms with Gasteiger partial charge in [-0.1, -0.05) is 6.42 Å². The maximum atomic E-state index is 13.1. The highest BCUT2D eigenvalue weighted by Gasteiger charge is 2.30. The van der Waals surface area contributed by atoms with Gasteiger partial charge in [0.15, 0.2) is 11.5 Å². The van der Waals surface area contributed by atoms with E-state index in [1.165, 1.54) is 22.7 Å². The van der Waals surface area contributed by atoms with E-state index in [1.807, 2.05) is 0 Å². The van der Waals surface area contributed by atoms with Crippen LogP contribution in [0.25, 0.3) is 0 Å². The molecule has 0 unspecified atom stereocenters. The molecule has 1 saturated heterocycles. The molecule has 2 aromatic rings. The quantitative estimate of drug-likeness (QED) is 0.423.